The SMILES string of the molecule is O=C(CCCn1c(=O)[nH]c2ccc(Br)cc2c1=O)NC[C@H]1CCCO1. The Bertz CT molecular complexity index is 884. The number of H-pyrrole nitrogens is 1. The molecule has 0 bridgehead atoms. The summed E-state index contributed by atoms with van der Waals surface area (Å²) in [6, 6.07) is 5.13. The Morgan fingerprint density at radius 1 is 1.40 bits per heavy atom. The molecule has 0 spiro atoms. The van der Waals surface area contributed by atoms with Crippen LogP contribution in [-0.2, 0) is 16.1 Å². The standard InChI is InChI=1S/C17H20BrN3O4/c18-11-5-6-14-13(9-11)16(23)21(17(24)20-14)7-1-4-15(22)19-10-12-3-2-8-25-12/h5-6,9,12H,1-4,7-8,10H2,(H,19,22)(H,20,24)/t12-/m1/s1. The summed E-state index contributed by atoms with van der Waals surface area (Å²) in [4.78, 5) is 39.1. The fourth-order valence-corrected chi connectivity index (χ4v) is 3.31. The van der Waals surface area contributed by atoms with Crippen LogP contribution in [0.1, 0.15) is 25.7 Å². The molecule has 2 N–H and O–H groups in total. The van der Waals surface area contributed by atoms with Gasteiger partial charge in [0.15, 0.2) is 0 Å². The number of ether oxygens (including phenoxy) is 1. The van der Waals surface area contributed by atoms with Crippen LogP contribution < -0.4 is 16.6 Å². The Morgan fingerprint density at radius 3 is 3.00 bits per heavy atom. The molecule has 0 unspecified atom stereocenters. The minimum Gasteiger partial charge on any atom is -0.376 e. The van der Waals surface area contributed by atoms with Crippen molar-refractivity contribution in [1.29, 1.82) is 0 Å². The molecule has 7 nitrogen and oxygen atoms in total. The zero-order valence-electron chi connectivity index (χ0n) is 13.7. The van der Waals surface area contributed by atoms with Crippen LogP contribution >= 0.6 is 15.9 Å². The number of nitrogens with zero attached hydrogens (tertiary/aromatic N) is 1. The van der Waals surface area contributed by atoms with Gasteiger partial charge in [-0.2, -0.15) is 0 Å². The van der Waals surface area contributed by atoms with E-state index in [0.717, 1.165) is 28.5 Å². The van der Waals surface area contributed by atoms with Gasteiger partial charge in [-0.1, -0.05) is 15.9 Å². The van der Waals surface area contributed by atoms with Gasteiger partial charge in [-0.05, 0) is 37.5 Å². The molecule has 2 heterocycles. The number of benzene rings is 1. The van der Waals surface area contributed by atoms with Crippen molar-refractivity contribution in [1.82, 2.24) is 14.9 Å². The number of aromatic nitrogens is 2. The number of nitrogens with one attached hydrogen (secondary N) is 2. The normalized spacial score (nSPS) is 17.1. The number of hydrogen-bond acceptors (Lipinski definition) is 4. The van der Waals surface area contributed by atoms with Crippen LogP contribution in [0.4, 0.5) is 0 Å². The monoisotopic (exact) mass is 409 g/mol. The predicted molar refractivity (Wildman–Crippen MR) is 97.7 cm³/mol. The molecule has 1 aliphatic rings. The van der Waals surface area contributed by atoms with Crippen LogP contribution in [0, 0.1) is 0 Å². The molecule has 0 saturated carbocycles. The minimum absolute atomic E-state index is 0.0940. The summed E-state index contributed by atoms with van der Waals surface area (Å²) in [5, 5.41) is 3.28. The second-order valence-electron chi connectivity index (χ2n) is 6.12. The molecule has 1 aromatic carbocycles. The molecule has 1 saturated heterocycles. The van der Waals surface area contributed by atoms with E-state index in [4.69, 9.17) is 4.74 Å². The lowest BCUT2D eigenvalue weighted by Crippen LogP contribution is -2.36. The Balaban J connectivity index is 1.60. The highest BCUT2D eigenvalue weighted by Crippen LogP contribution is 2.14. The van der Waals surface area contributed by atoms with E-state index in [2.05, 4.69) is 26.2 Å². The average Bonchev–Trinajstić information content (AvgIpc) is 3.10. The molecule has 0 aliphatic carbocycles. The van der Waals surface area contributed by atoms with Crippen molar-refractivity contribution < 1.29 is 9.53 Å². The number of halogens is 1. The topological polar surface area (TPSA) is 93.2 Å². The number of aromatic amines is 1. The van der Waals surface area contributed by atoms with Crippen LogP contribution in [0.25, 0.3) is 10.9 Å². The predicted octanol–water partition coefficient (Wildman–Crippen LogP) is 1.53. The van der Waals surface area contributed by atoms with Crippen LogP contribution in [0.5, 0.6) is 0 Å². The molecule has 2 aromatic rings. The van der Waals surface area contributed by atoms with Crippen molar-refractivity contribution >= 4 is 32.7 Å². The molecule has 25 heavy (non-hydrogen) atoms. The summed E-state index contributed by atoms with van der Waals surface area (Å²) >= 11 is 3.32. The van der Waals surface area contributed by atoms with E-state index < -0.39 is 5.69 Å². The van der Waals surface area contributed by atoms with Crippen molar-refractivity contribution in [3.05, 3.63) is 43.5 Å². The average molecular weight is 410 g/mol. The number of carbonyl (C=O) groups excluding carboxylic acids is 1. The first-order valence-electron chi connectivity index (χ1n) is 8.35. The number of rotatable bonds is 6. The smallest absolute Gasteiger partial charge is 0.328 e. The Morgan fingerprint density at radius 2 is 2.24 bits per heavy atom. The maximum Gasteiger partial charge on any atom is 0.328 e. The van der Waals surface area contributed by atoms with Crippen molar-refractivity contribution in [3.63, 3.8) is 0 Å². The molecular formula is C17H20BrN3O4. The zero-order chi connectivity index (χ0) is 17.8. The van der Waals surface area contributed by atoms with E-state index in [1.807, 2.05) is 0 Å². The lowest BCUT2D eigenvalue weighted by molar-refractivity contribution is -0.121. The molecule has 8 heteroatoms. The first-order chi connectivity index (χ1) is 12.0. The van der Waals surface area contributed by atoms with Crippen LogP contribution in [0.3, 0.4) is 0 Å². The number of hydrogen-bond donors (Lipinski definition) is 2. The fourth-order valence-electron chi connectivity index (χ4n) is 2.94. The van der Waals surface area contributed by atoms with E-state index >= 15 is 0 Å². The van der Waals surface area contributed by atoms with Gasteiger partial charge in [0.25, 0.3) is 5.56 Å². The van der Waals surface area contributed by atoms with Crippen LogP contribution in [0.15, 0.2) is 32.3 Å². The van der Waals surface area contributed by atoms with E-state index in [9.17, 15) is 14.4 Å². The number of carbonyl (C=O) groups is 1. The lowest BCUT2D eigenvalue weighted by atomic mass is 10.2. The summed E-state index contributed by atoms with van der Waals surface area (Å²) in [7, 11) is 0. The van der Waals surface area contributed by atoms with Crippen LogP contribution in [0.2, 0.25) is 0 Å². The van der Waals surface area contributed by atoms with Gasteiger partial charge >= 0.3 is 5.69 Å². The van der Waals surface area contributed by atoms with Crippen molar-refractivity contribution in [2.75, 3.05) is 13.2 Å². The second kappa shape index (κ2) is 7.97. The second-order valence-corrected chi connectivity index (χ2v) is 7.04. The number of amides is 1. The molecule has 134 valence electrons. The highest BCUT2D eigenvalue weighted by molar-refractivity contribution is 9.10. The van der Waals surface area contributed by atoms with Gasteiger partial charge in [0, 0.05) is 30.6 Å². The summed E-state index contributed by atoms with van der Waals surface area (Å²) in [6.45, 7) is 1.47. The Labute approximate surface area is 152 Å². The van der Waals surface area contributed by atoms with Gasteiger partial charge in [0.2, 0.25) is 5.91 Å². The van der Waals surface area contributed by atoms with Gasteiger partial charge in [-0.3, -0.25) is 14.2 Å². The van der Waals surface area contributed by atoms with E-state index in [1.54, 1.807) is 18.2 Å². The van der Waals surface area contributed by atoms with Gasteiger partial charge < -0.3 is 15.0 Å². The van der Waals surface area contributed by atoms with Crippen molar-refractivity contribution in [2.45, 2.75) is 38.3 Å². The quantitative estimate of drug-likeness (QED) is 0.756. The first-order valence-corrected chi connectivity index (χ1v) is 9.14. The third-order valence-electron chi connectivity index (χ3n) is 4.28. The molecule has 1 fully saturated rings. The largest absolute Gasteiger partial charge is 0.376 e. The molecular weight excluding hydrogens is 390 g/mol. The lowest BCUT2D eigenvalue weighted by Gasteiger charge is -2.11. The van der Waals surface area contributed by atoms with Gasteiger partial charge in [-0.15, -0.1) is 0 Å². The van der Waals surface area contributed by atoms with E-state index in [-0.39, 0.29) is 30.5 Å². The van der Waals surface area contributed by atoms with Crippen molar-refractivity contribution in [2.24, 2.45) is 0 Å². The maximum atomic E-state index is 12.5. The van der Waals surface area contributed by atoms with Gasteiger partial charge in [0.05, 0.1) is 17.0 Å². The van der Waals surface area contributed by atoms with Crippen molar-refractivity contribution in [3.8, 4) is 0 Å². The van der Waals surface area contributed by atoms with Gasteiger partial charge in [0.1, 0.15) is 0 Å². The molecule has 1 atom stereocenters. The highest BCUT2D eigenvalue weighted by Gasteiger charge is 2.16. The Hall–Kier alpha value is -1.93. The minimum atomic E-state index is -0.459. The zero-order valence-corrected chi connectivity index (χ0v) is 15.3. The Kier molecular flexibility index (Phi) is 5.70. The number of fused-ring (bicyclic) bond motifs is 1. The molecule has 1 aliphatic heterocycles. The van der Waals surface area contributed by atoms with E-state index in [1.165, 1.54) is 0 Å². The molecule has 0 radical (unpaired) electrons. The highest BCUT2D eigenvalue weighted by atomic mass is 79.9. The molecule has 3 rings (SSSR count). The van der Waals surface area contributed by atoms with Crippen LogP contribution in [-0.4, -0.2) is 34.7 Å². The maximum absolute atomic E-state index is 12.5. The summed E-state index contributed by atoms with van der Waals surface area (Å²) in [5.74, 6) is -0.0940. The summed E-state index contributed by atoms with van der Waals surface area (Å²) in [5.41, 5.74) is -0.303. The summed E-state index contributed by atoms with van der Waals surface area (Å²) in [6.07, 6.45) is 2.78. The third-order valence-corrected chi connectivity index (χ3v) is 4.77. The summed E-state index contributed by atoms with van der Waals surface area (Å²) < 4.78 is 7.36. The van der Waals surface area contributed by atoms with Gasteiger partial charge in [-0.25, -0.2) is 4.79 Å². The third kappa shape index (κ3) is 4.38. The molecule has 1 aromatic heterocycles. The fraction of sp³-hybridized carbons (Fsp3) is 0.471. The van der Waals surface area contributed by atoms with E-state index in [0.29, 0.717) is 23.9 Å². The first kappa shape index (κ1) is 17.9. The molecule has 1 amide bonds.